The normalized spacial score (nSPS) is 11.4. The molecule has 1 unspecified atom stereocenters. The molecule has 2 aromatic carbocycles. The number of carbonyl (C=O) groups is 1. The molecule has 0 saturated heterocycles. The van der Waals surface area contributed by atoms with Crippen LogP contribution in [0.15, 0.2) is 48.5 Å². The molecule has 0 aliphatic rings. The second-order valence-electron chi connectivity index (χ2n) is 6.29. The molecule has 2 aromatic rings. The quantitative estimate of drug-likeness (QED) is 0.276. The van der Waals surface area contributed by atoms with E-state index in [-0.39, 0.29) is 16.1 Å². The highest BCUT2D eigenvalue weighted by atomic mass is 32.1. The lowest BCUT2D eigenvalue weighted by atomic mass is 9.89. The molecule has 150 valence electrons. The minimum Gasteiger partial charge on any atom is -0.493 e. The highest BCUT2D eigenvalue weighted by molar-refractivity contribution is 7.68. The molecule has 0 saturated carbocycles. The van der Waals surface area contributed by atoms with Crippen molar-refractivity contribution in [3.05, 3.63) is 59.7 Å². The molecule has 0 heterocycles. The molecule has 28 heavy (non-hydrogen) atoms. The number of benzene rings is 2. The SMILES string of the molecule is COc1ccc(C(CCCCc2ccccc2)C(=S=O)C(=O)NO)cc1OC. The first-order valence-electron chi connectivity index (χ1n) is 9.01. The van der Waals surface area contributed by atoms with E-state index in [4.69, 9.17) is 14.7 Å². The third-order valence-corrected chi connectivity index (χ3v) is 5.24. The van der Waals surface area contributed by atoms with Crippen molar-refractivity contribution in [2.75, 3.05) is 14.2 Å². The molecule has 0 fully saturated rings. The average Bonchev–Trinajstić information content (AvgIpc) is 2.75. The fourth-order valence-electron chi connectivity index (χ4n) is 3.15. The Balaban J connectivity index is 2.20. The predicted octanol–water partition coefficient (Wildman–Crippen LogP) is 3.09. The van der Waals surface area contributed by atoms with E-state index < -0.39 is 11.8 Å². The fourth-order valence-corrected chi connectivity index (χ4v) is 3.64. The van der Waals surface area contributed by atoms with Crippen LogP contribution in [0.1, 0.15) is 36.3 Å². The molecule has 0 aromatic heterocycles. The van der Waals surface area contributed by atoms with Crippen LogP contribution < -0.4 is 15.0 Å². The van der Waals surface area contributed by atoms with E-state index in [0.29, 0.717) is 17.9 Å². The van der Waals surface area contributed by atoms with Gasteiger partial charge < -0.3 is 9.47 Å². The number of methoxy groups -OCH3 is 2. The first-order chi connectivity index (χ1) is 13.6. The van der Waals surface area contributed by atoms with Crippen LogP contribution in [-0.2, 0) is 22.5 Å². The Bertz CT molecular complexity index is 834. The second kappa shape index (κ2) is 11.3. The maximum Gasteiger partial charge on any atom is 0.284 e. The summed E-state index contributed by atoms with van der Waals surface area (Å²) in [5, 5.41) is 9.02. The molecule has 2 N–H and O–H groups in total. The van der Waals surface area contributed by atoms with Gasteiger partial charge in [0.2, 0.25) is 0 Å². The van der Waals surface area contributed by atoms with Crippen molar-refractivity contribution in [2.24, 2.45) is 0 Å². The smallest absolute Gasteiger partial charge is 0.284 e. The summed E-state index contributed by atoms with van der Waals surface area (Å²) < 4.78 is 22.2. The van der Waals surface area contributed by atoms with Crippen LogP contribution in [0, 0.1) is 0 Å². The number of hydrogen-bond acceptors (Lipinski definition) is 5. The number of hydroxylamine groups is 1. The van der Waals surface area contributed by atoms with Crippen molar-refractivity contribution in [1.29, 1.82) is 0 Å². The molecule has 6 nitrogen and oxygen atoms in total. The van der Waals surface area contributed by atoms with Crippen LogP contribution in [0.25, 0.3) is 0 Å². The van der Waals surface area contributed by atoms with Gasteiger partial charge in [-0.25, -0.2) is 9.69 Å². The molecule has 0 aliphatic carbocycles. The Kier molecular flexibility index (Phi) is 8.71. The van der Waals surface area contributed by atoms with Gasteiger partial charge >= 0.3 is 0 Å². The number of hydrogen-bond donors (Lipinski definition) is 2. The predicted molar refractivity (Wildman–Crippen MR) is 109 cm³/mol. The van der Waals surface area contributed by atoms with Crippen molar-refractivity contribution >= 4 is 22.0 Å². The van der Waals surface area contributed by atoms with Crippen LogP contribution in [0.3, 0.4) is 0 Å². The van der Waals surface area contributed by atoms with Crippen molar-refractivity contribution < 1.29 is 23.7 Å². The van der Waals surface area contributed by atoms with Gasteiger partial charge in [0.05, 0.1) is 25.5 Å². The van der Waals surface area contributed by atoms with Crippen LogP contribution in [0.5, 0.6) is 11.5 Å². The highest BCUT2D eigenvalue weighted by Crippen LogP contribution is 2.33. The highest BCUT2D eigenvalue weighted by Gasteiger charge is 2.25. The van der Waals surface area contributed by atoms with Crippen molar-refractivity contribution in [3.63, 3.8) is 0 Å². The van der Waals surface area contributed by atoms with Gasteiger partial charge in [0, 0.05) is 5.92 Å². The summed E-state index contributed by atoms with van der Waals surface area (Å²) in [6.07, 6.45) is 3.26. The number of amides is 1. The summed E-state index contributed by atoms with van der Waals surface area (Å²) in [6, 6.07) is 15.5. The lowest BCUT2D eigenvalue weighted by molar-refractivity contribution is -0.122. The molecule has 1 amide bonds. The standard InChI is InChI=1S/C21H25NO5S/c1-26-18-13-12-16(14-19(18)27-2)17(20(28-25)21(23)22-24)11-7-6-10-15-8-4-3-5-9-15/h3-5,8-9,12-14,17,24H,6-7,10-11H2,1-2H3,(H,22,23). The maximum absolute atomic E-state index is 12.0. The molecule has 7 heteroatoms. The number of carbonyl (C=O) groups excluding carboxylic acids is 1. The van der Waals surface area contributed by atoms with Gasteiger partial charge in [-0.1, -0.05) is 42.8 Å². The molecule has 0 aliphatic heterocycles. The monoisotopic (exact) mass is 403 g/mol. The molecule has 1 atom stereocenters. The Morgan fingerprint density at radius 2 is 1.79 bits per heavy atom. The Hall–Kier alpha value is -2.64. The summed E-state index contributed by atoms with van der Waals surface area (Å²) >= 11 is 0.106. The van der Waals surface area contributed by atoms with E-state index in [1.807, 2.05) is 24.3 Å². The van der Waals surface area contributed by atoms with Crippen molar-refractivity contribution in [3.8, 4) is 11.5 Å². The van der Waals surface area contributed by atoms with Gasteiger partial charge in [0.25, 0.3) is 5.91 Å². The summed E-state index contributed by atoms with van der Waals surface area (Å²) in [4.78, 5) is 12.0. The minimum atomic E-state index is -0.775. The zero-order valence-corrected chi connectivity index (χ0v) is 16.8. The number of aryl methyl sites for hydroxylation is 1. The molecule has 2 rings (SSSR count). The third-order valence-electron chi connectivity index (χ3n) is 4.59. The van der Waals surface area contributed by atoms with Gasteiger partial charge in [-0.05, 0) is 42.5 Å². The Morgan fingerprint density at radius 3 is 2.39 bits per heavy atom. The van der Waals surface area contributed by atoms with E-state index >= 15 is 0 Å². The maximum atomic E-state index is 12.0. The molecule has 0 bridgehead atoms. The van der Waals surface area contributed by atoms with Crippen molar-refractivity contribution in [2.45, 2.75) is 31.6 Å². The first kappa shape index (κ1) is 21.7. The lowest BCUT2D eigenvalue weighted by Gasteiger charge is -2.19. The average molecular weight is 404 g/mol. The van der Waals surface area contributed by atoms with Crippen LogP contribution in [0.2, 0.25) is 0 Å². The van der Waals surface area contributed by atoms with Gasteiger partial charge in [-0.15, -0.1) is 0 Å². The first-order valence-corrected chi connectivity index (χ1v) is 9.75. The van der Waals surface area contributed by atoms with Gasteiger partial charge in [-0.2, -0.15) is 0 Å². The third kappa shape index (κ3) is 5.68. The second-order valence-corrected chi connectivity index (χ2v) is 6.89. The Morgan fingerprint density at radius 1 is 1.07 bits per heavy atom. The van der Waals surface area contributed by atoms with E-state index in [1.54, 1.807) is 24.7 Å². The zero-order valence-electron chi connectivity index (χ0n) is 16.0. The molecular formula is C21H25NO5S. The fraction of sp³-hybridized carbons (Fsp3) is 0.333. The summed E-state index contributed by atoms with van der Waals surface area (Å²) in [7, 11) is 3.08. The zero-order chi connectivity index (χ0) is 20.4. The minimum absolute atomic E-state index is 0.0226. The lowest BCUT2D eigenvalue weighted by Crippen LogP contribution is -2.32. The topological polar surface area (TPSA) is 84.9 Å². The van der Waals surface area contributed by atoms with Crippen LogP contribution in [0.4, 0.5) is 0 Å². The molecule has 0 spiro atoms. The molecular weight excluding hydrogens is 378 g/mol. The van der Waals surface area contributed by atoms with E-state index in [2.05, 4.69) is 12.1 Å². The Labute approximate surface area is 168 Å². The van der Waals surface area contributed by atoms with E-state index in [0.717, 1.165) is 24.8 Å². The summed E-state index contributed by atoms with van der Waals surface area (Å²) in [5.74, 6) is -0.126. The van der Waals surface area contributed by atoms with Gasteiger partial charge in [-0.3, -0.25) is 10.0 Å². The summed E-state index contributed by atoms with van der Waals surface area (Å²) in [5.41, 5.74) is 3.59. The van der Waals surface area contributed by atoms with Gasteiger partial charge in [0.1, 0.15) is 4.86 Å². The number of rotatable bonds is 10. The molecule has 0 radical (unpaired) electrons. The largest absolute Gasteiger partial charge is 0.493 e. The van der Waals surface area contributed by atoms with E-state index in [9.17, 15) is 9.00 Å². The number of ether oxygens (including phenoxy) is 2. The van der Waals surface area contributed by atoms with Crippen LogP contribution >= 0.6 is 0 Å². The number of nitrogens with one attached hydrogen (secondary N) is 1. The number of unbranched alkanes of at least 4 members (excludes halogenated alkanes) is 1. The summed E-state index contributed by atoms with van der Waals surface area (Å²) in [6.45, 7) is 0. The van der Waals surface area contributed by atoms with Crippen molar-refractivity contribution in [1.82, 2.24) is 5.48 Å². The van der Waals surface area contributed by atoms with Crippen LogP contribution in [-0.4, -0.2) is 34.4 Å². The van der Waals surface area contributed by atoms with E-state index in [1.165, 1.54) is 12.7 Å². The van der Waals surface area contributed by atoms with Gasteiger partial charge in [0.15, 0.2) is 11.5 Å².